The van der Waals surface area contributed by atoms with Gasteiger partial charge < -0.3 is 30.1 Å². The summed E-state index contributed by atoms with van der Waals surface area (Å²) in [5, 5.41) is 15.5. The van der Waals surface area contributed by atoms with Crippen LogP contribution in [0, 0.1) is 11.8 Å². The van der Waals surface area contributed by atoms with Crippen LogP contribution in [0.4, 0.5) is 5.69 Å². The molecule has 1 saturated carbocycles. The Hall–Kier alpha value is -2.17. The summed E-state index contributed by atoms with van der Waals surface area (Å²) in [6.07, 6.45) is 6.30. The molecule has 10 heteroatoms. The van der Waals surface area contributed by atoms with Crippen LogP contribution in [-0.4, -0.2) is 76.1 Å². The van der Waals surface area contributed by atoms with Gasteiger partial charge in [-0.15, -0.1) is 0 Å². The van der Waals surface area contributed by atoms with Gasteiger partial charge in [0, 0.05) is 29.7 Å². The van der Waals surface area contributed by atoms with Crippen LogP contribution in [0.25, 0.3) is 0 Å². The molecular weight excluding hydrogens is 554 g/mol. The minimum atomic E-state index is -1.06. The number of nitrogens with zero attached hydrogens (tertiary/aromatic N) is 1. The van der Waals surface area contributed by atoms with Crippen molar-refractivity contribution in [1.29, 1.82) is 0 Å². The number of amides is 3. The zero-order valence-corrected chi connectivity index (χ0v) is 23.5. The van der Waals surface area contributed by atoms with Gasteiger partial charge in [-0.3, -0.25) is 14.4 Å². The van der Waals surface area contributed by atoms with Crippen molar-refractivity contribution >= 4 is 39.3 Å². The van der Waals surface area contributed by atoms with Crippen molar-refractivity contribution in [2.45, 2.75) is 86.9 Å². The SMILES string of the molecule is CCOc1ccc(NC(=O)[C@H]2[C@@H]3OC4(CC3Br)C(C(=O)NC3CCCCC3)N(CCCCO)C(=O)[C@H]24)cc1. The van der Waals surface area contributed by atoms with E-state index >= 15 is 0 Å². The maximum atomic E-state index is 14.0. The molecule has 1 aromatic rings. The normalized spacial score (nSPS) is 32.3. The van der Waals surface area contributed by atoms with Gasteiger partial charge in [-0.2, -0.15) is 0 Å². The number of fused-ring (bicyclic) bond motifs is 1. The number of nitrogens with one attached hydrogen (secondary N) is 2. The summed E-state index contributed by atoms with van der Waals surface area (Å²) in [4.78, 5) is 42.9. The monoisotopic (exact) mass is 591 g/mol. The highest BCUT2D eigenvalue weighted by molar-refractivity contribution is 9.09. The molecule has 208 valence electrons. The maximum Gasteiger partial charge on any atom is 0.246 e. The van der Waals surface area contributed by atoms with E-state index in [2.05, 4.69) is 26.6 Å². The number of unbranched alkanes of at least 4 members (excludes halogenated alkanes) is 1. The number of halogens is 1. The predicted octanol–water partition coefficient (Wildman–Crippen LogP) is 2.99. The minimum Gasteiger partial charge on any atom is -0.494 e. The summed E-state index contributed by atoms with van der Waals surface area (Å²) in [5.41, 5.74) is -0.451. The summed E-state index contributed by atoms with van der Waals surface area (Å²) >= 11 is 3.71. The van der Waals surface area contributed by atoms with Gasteiger partial charge in [-0.05, 0) is 63.3 Å². The Morgan fingerprint density at radius 3 is 2.58 bits per heavy atom. The highest BCUT2D eigenvalue weighted by atomic mass is 79.9. The number of ether oxygens (including phenoxy) is 2. The molecule has 1 spiro atoms. The maximum absolute atomic E-state index is 14.0. The van der Waals surface area contributed by atoms with E-state index < -0.39 is 29.6 Å². The molecule has 3 heterocycles. The minimum absolute atomic E-state index is 0.0186. The average Bonchev–Trinajstić information content (AvgIpc) is 3.49. The standard InChI is InChI=1S/C28H38BrN3O6/c1-2-37-19-12-10-18(11-13-19)30-25(34)21-22-27(36)32(14-6-7-15-33)24(28(22)16-20(29)23(21)38-28)26(35)31-17-8-4-3-5-9-17/h10-13,17,20-24,33H,2-9,14-16H2,1H3,(H,30,34)(H,31,35)/t20?,21-,22+,23-,24?,28?/m1/s1. The first-order chi connectivity index (χ1) is 18.4. The Morgan fingerprint density at radius 1 is 1.16 bits per heavy atom. The lowest BCUT2D eigenvalue weighted by atomic mass is 9.70. The van der Waals surface area contributed by atoms with E-state index in [4.69, 9.17) is 9.47 Å². The Labute approximate surface area is 232 Å². The van der Waals surface area contributed by atoms with Crippen LogP contribution in [0.5, 0.6) is 5.75 Å². The number of hydrogen-bond donors (Lipinski definition) is 3. The number of anilines is 1. The van der Waals surface area contributed by atoms with Crippen molar-refractivity contribution in [1.82, 2.24) is 10.2 Å². The number of carbonyl (C=O) groups is 3. The van der Waals surface area contributed by atoms with Crippen molar-refractivity contribution in [3.63, 3.8) is 0 Å². The second kappa shape index (κ2) is 11.5. The van der Waals surface area contributed by atoms with Crippen molar-refractivity contribution in [2.24, 2.45) is 11.8 Å². The van der Waals surface area contributed by atoms with Gasteiger partial charge in [0.05, 0.1) is 24.5 Å². The second-order valence-corrected chi connectivity index (χ2v) is 12.1. The number of benzene rings is 1. The van der Waals surface area contributed by atoms with Gasteiger partial charge in [-0.25, -0.2) is 0 Å². The van der Waals surface area contributed by atoms with E-state index in [1.54, 1.807) is 29.2 Å². The van der Waals surface area contributed by atoms with E-state index in [0.29, 0.717) is 43.9 Å². The van der Waals surface area contributed by atoms with E-state index in [-0.39, 0.29) is 35.2 Å². The number of alkyl halides is 1. The first-order valence-electron chi connectivity index (χ1n) is 14.0. The quantitative estimate of drug-likeness (QED) is 0.284. The van der Waals surface area contributed by atoms with Crippen LogP contribution in [0.3, 0.4) is 0 Å². The molecule has 0 aromatic heterocycles. The molecule has 9 nitrogen and oxygen atoms in total. The van der Waals surface area contributed by atoms with E-state index in [1.807, 2.05) is 6.92 Å². The highest BCUT2D eigenvalue weighted by Gasteiger charge is 2.76. The van der Waals surface area contributed by atoms with Gasteiger partial charge in [0.15, 0.2) is 0 Å². The zero-order chi connectivity index (χ0) is 26.9. The molecule has 3 saturated heterocycles. The third-order valence-electron chi connectivity index (χ3n) is 8.53. The van der Waals surface area contributed by atoms with Crippen LogP contribution >= 0.6 is 15.9 Å². The molecule has 1 aromatic carbocycles. The largest absolute Gasteiger partial charge is 0.494 e. The first kappa shape index (κ1) is 27.4. The molecule has 4 aliphatic rings. The second-order valence-electron chi connectivity index (χ2n) is 10.9. The van der Waals surface area contributed by atoms with Crippen LogP contribution in [0.1, 0.15) is 58.3 Å². The molecule has 0 radical (unpaired) electrons. The van der Waals surface area contributed by atoms with Gasteiger partial charge in [0.25, 0.3) is 0 Å². The number of hydrogen-bond acceptors (Lipinski definition) is 6. The van der Waals surface area contributed by atoms with Crippen molar-refractivity contribution in [3.05, 3.63) is 24.3 Å². The molecule has 4 fully saturated rings. The summed E-state index contributed by atoms with van der Waals surface area (Å²) < 4.78 is 12.0. The Bertz CT molecular complexity index is 1030. The molecule has 3 aliphatic heterocycles. The molecule has 3 unspecified atom stereocenters. The zero-order valence-electron chi connectivity index (χ0n) is 21.9. The van der Waals surface area contributed by atoms with Crippen molar-refractivity contribution < 1.29 is 29.0 Å². The van der Waals surface area contributed by atoms with Crippen LogP contribution in [0.2, 0.25) is 0 Å². The third kappa shape index (κ3) is 4.95. The number of aliphatic hydroxyl groups is 1. The molecule has 1 aliphatic carbocycles. The molecule has 3 amide bonds. The van der Waals surface area contributed by atoms with Crippen molar-refractivity contribution in [3.8, 4) is 5.75 Å². The number of carbonyl (C=O) groups excluding carboxylic acids is 3. The van der Waals surface area contributed by atoms with Crippen LogP contribution < -0.4 is 15.4 Å². The van der Waals surface area contributed by atoms with Gasteiger partial charge >= 0.3 is 0 Å². The van der Waals surface area contributed by atoms with Crippen LogP contribution in [0.15, 0.2) is 24.3 Å². The molecule has 2 bridgehead atoms. The van der Waals surface area contributed by atoms with E-state index in [1.165, 1.54) is 6.42 Å². The van der Waals surface area contributed by atoms with Gasteiger partial charge in [0.2, 0.25) is 17.7 Å². The lowest BCUT2D eigenvalue weighted by molar-refractivity contribution is -0.142. The van der Waals surface area contributed by atoms with Crippen molar-refractivity contribution in [2.75, 3.05) is 25.1 Å². The predicted molar refractivity (Wildman–Crippen MR) is 145 cm³/mol. The number of likely N-dealkylation sites (tertiary alicyclic amines) is 1. The Morgan fingerprint density at radius 2 is 1.89 bits per heavy atom. The highest BCUT2D eigenvalue weighted by Crippen LogP contribution is 2.60. The smallest absolute Gasteiger partial charge is 0.246 e. The molecule has 3 N–H and O–H groups in total. The first-order valence-corrected chi connectivity index (χ1v) is 14.9. The number of rotatable bonds is 10. The fourth-order valence-corrected chi connectivity index (χ4v) is 7.86. The average molecular weight is 593 g/mol. The fraction of sp³-hybridized carbons (Fsp3) is 0.679. The number of aliphatic hydroxyl groups excluding tert-OH is 1. The van der Waals surface area contributed by atoms with Crippen LogP contribution in [-0.2, 0) is 19.1 Å². The lowest BCUT2D eigenvalue weighted by Gasteiger charge is -2.35. The Balaban J connectivity index is 1.40. The molecule has 5 rings (SSSR count). The third-order valence-corrected chi connectivity index (χ3v) is 9.38. The lowest BCUT2D eigenvalue weighted by Crippen LogP contribution is -2.57. The van der Waals surface area contributed by atoms with E-state index in [0.717, 1.165) is 25.7 Å². The Kier molecular flexibility index (Phi) is 8.30. The topological polar surface area (TPSA) is 117 Å². The summed E-state index contributed by atoms with van der Waals surface area (Å²) in [7, 11) is 0. The molecule has 6 atom stereocenters. The summed E-state index contributed by atoms with van der Waals surface area (Å²) in [5.74, 6) is -1.43. The molecular formula is C28H38BrN3O6. The van der Waals surface area contributed by atoms with E-state index in [9.17, 15) is 19.5 Å². The van der Waals surface area contributed by atoms with Gasteiger partial charge in [-0.1, -0.05) is 35.2 Å². The van der Waals surface area contributed by atoms with Gasteiger partial charge in [0.1, 0.15) is 17.4 Å². The summed E-state index contributed by atoms with van der Waals surface area (Å²) in [6, 6.07) is 6.43. The fourth-order valence-electron chi connectivity index (χ4n) is 6.92. The summed E-state index contributed by atoms with van der Waals surface area (Å²) in [6.45, 7) is 2.82. The molecule has 38 heavy (non-hydrogen) atoms.